The van der Waals surface area contributed by atoms with Gasteiger partial charge in [0.2, 0.25) is 0 Å². The zero-order valence-corrected chi connectivity index (χ0v) is 9.33. The van der Waals surface area contributed by atoms with Gasteiger partial charge in [-0.3, -0.25) is 0 Å². The van der Waals surface area contributed by atoms with Crippen molar-refractivity contribution in [1.29, 1.82) is 0 Å². The van der Waals surface area contributed by atoms with Crippen LogP contribution in [-0.2, 0) is 9.47 Å². The van der Waals surface area contributed by atoms with Crippen LogP contribution in [0.2, 0.25) is 0 Å². The highest BCUT2D eigenvalue weighted by Crippen LogP contribution is 2.38. The molecule has 0 saturated carbocycles. The molecular formula is C10H21NO2. The topological polar surface area (TPSA) is 25.0 Å². The molecule has 1 fully saturated rings. The fraction of sp³-hybridized carbons (Fsp3) is 1.00. The summed E-state index contributed by atoms with van der Waals surface area (Å²) in [6, 6.07) is 0. The van der Waals surface area contributed by atoms with Gasteiger partial charge in [-0.2, -0.15) is 0 Å². The molecule has 1 aliphatic heterocycles. The fourth-order valence-electron chi connectivity index (χ4n) is 1.19. The molecule has 1 heterocycles. The van der Waals surface area contributed by atoms with Crippen molar-refractivity contribution in [1.82, 2.24) is 4.90 Å². The Balaban J connectivity index is 2.08. The summed E-state index contributed by atoms with van der Waals surface area (Å²) < 4.78 is 11.0. The molecule has 0 aliphatic carbocycles. The molecule has 0 radical (unpaired) electrons. The van der Waals surface area contributed by atoms with Crippen LogP contribution in [0.4, 0.5) is 0 Å². The standard InChI is InChI=1S/C10H21NO2/c1-10(2,3)8-9(13-8)12-7-6-11(4)5/h8-9H,6-7H2,1-5H3. The summed E-state index contributed by atoms with van der Waals surface area (Å²) in [5.74, 6) is 0. The van der Waals surface area contributed by atoms with E-state index in [4.69, 9.17) is 9.47 Å². The summed E-state index contributed by atoms with van der Waals surface area (Å²) in [7, 11) is 4.08. The van der Waals surface area contributed by atoms with Gasteiger partial charge in [0.05, 0.1) is 6.61 Å². The van der Waals surface area contributed by atoms with Crippen LogP contribution in [0, 0.1) is 5.41 Å². The van der Waals surface area contributed by atoms with Crippen LogP contribution in [0.5, 0.6) is 0 Å². The van der Waals surface area contributed by atoms with Gasteiger partial charge in [-0.25, -0.2) is 0 Å². The second kappa shape index (κ2) is 3.95. The number of likely N-dealkylation sites (N-methyl/N-ethyl adjacent to an activating group) is 1. The largest absolute Gasteiger partial charge is 0.349 e. The minimum atomic E-state index is 0.0416. The maximum atomic E-state index is 5.54. The quantitative estimate of drug-likeness (QED) is 0.621. The SMILES string of the molecule is CN(C)CCOC1OC1C(C)(C)C. The van der Waals surface area contributed by atoms with E-state index in [0.717, 1.165) is 13.2 Å². The van der Waals surface area contributed by atoms with Gasteiger partial charge >= 0.3 is 0 Å². The molecule has 1 aliphatic rings. The van der Waals surface area contributed by atoms with Crippen LogP contribution in [0.3, 0.4) is 0 Å². The van der Waals surface area contributed by atoms with Crippen molar-refractivity contribution < 1.29 is 9.47 Å². The van der Waals surface area contributed by atoms with E-state index < -0.39 is 0 Å². The Hall–Kier alpha value is -0.120. The molecule has 78 valence electrons. The minimum absolute atomic E-state index is 0.0416. The van der Waals surface area contributed by atoms with Crippen LogP contribution in [0.15, 0.2) is 0 Å². The molecule has 0 spiro atoms. The number of nitrogens with zero attached hydrogens (tertiary/aromatic N) is 1. The zero-order valence-electron chi connectivity index (χ0n) is 9.33. The van der Waals surface area contributed by atoms with Crippen molar-refractivity contribution in [3.63, 3.8) is 0 Å². The maximum absolute atomic E-state index is 5.54. The fourth-order valence-corrected chi connectivity index (χ4v) is 1.19. The first-order valence-electron chi connectivity index (χ1n) is 4.83. The first-order chi connectivity index (χ1) is 5.91. The van der Waals surface area contributed by atoms with E-state index in [1.54, 1.807) is 0 Å². The van der Waals surface area contributed by atoms with Crippen molar-refractivity contribution >= 4 is 0 Å². The Kier molecular flexibility index (Phi) is 3.33. The highest BCUT2D eigenvalue weighted by molar-refractivity contribution is 4.88. The predicted molar refractivity (Wildman–Crippen MR) is 52.6 cm³/mol. The Morgan fingerprint density at radius 1 is 1.31 bits per heavy atom. The highest BCUT2D eigenvalue weighted by Gasteiger charge is 2.48. The monoisotopic (exact) mass is 187 g/mol. The number of epoxide rings is 1. The molecule has 0 aromatic carbocycles. The summed E-state index contributed by atoms with van der Waals surface area (Å²) in [5.41, 5.74) is 0.211. The second-order valence-corrected chi connectivity index (χ2v) is 4.97. The Labute approximate surface area is 81.0 Å². The van der Waals surface area contributed by atoms with Crippen molar-refractivity contribution in [3.05, 3.63) is 0 Å². The normalized spacial score (nSPS) is 28.2. The first-order valence-corrected chi connectivity index (χ1v) is 4.83. The third-order valence-corrected chi connectivity index (χ3v) is 2.13. The summed E-state index contributed by atoms with van der Waals surface area (Å²) in [5, 5.41) is 0. The highest BCUT2D eigenvalue weighted by atomic mass is 16.8. The van der Waals surface area contributed by atoms with E-state index in [2.05, 4.69) is 25.7 Å². The van der Waals surface area contributed by atoms with Gasteiger partial charge in [0.15, 0.2) is 6.29 Å². The van der Waals surface area contributed by atoms with Crippen LogP contribution in [0.1, 0.15) is 20.8 Å². The predicted octanol–water partition coefficient (Wildman–Crippen LogP) is 1.34. The molecule has 2 unspecified atom stereocenters. The lowest BCUT2D eigenvalue weighted by molar-refractivity contribution is 0.0420. The van der Waals surface area contributed by atoms with Gasteiger partial charge in [0.25, 0.3) is 0 Å². The lowest BCUT2D eigenvalue weighted by atomic mass is 9.92. The van der Waals surface area contributed by atoms with E-state index in [9.17, 15) is 0 Å². The van der Waals surface area contributed by atoms with Crippen molar-refractivity contribution in [2.75, 3.05) is 27.2 Å². The average molecular weight is 187 g/mol. The molecule has 0 bridgehead atoms. The first kappa shape index (κ1) is 11.0. The van der Waals surface area contributed by atoms with Gasteiger partial charge in [-0.1, -0.05) is 20.8 Å². The molecule has 3 nitrogen and oxygen atoms in total. The molecule has 0 N–H and O–H groups in total. The maximum Gasteiger partial charge on any atom is 0.184 e. The van der Waals surface area contributed by atoms with Crippen molar-refractivity contribution in [2.45, 2.75) is 33.2 Å². The molecule has 1 rings (SSSR count). The third kappa shape index (κ3) is 3.63. The molecule has 0 amide bonds. The van der Waals surface area contributed by atoms with Gasteiger partial charge in [0, 0.05) is 6.54 Å². The molecule has 2 atom stereocenters. The number of rotatable bonds is 4. The Bertz CT molecular complexity index is 163. The molecule has 0 aromatic heterocycles. The second-order valence-electron chi connectivity index (χ2n) is 4.97. The van der Waals surface area contributed by atoms with Crippen LogP contribution in [-0.4, -0.2) is 44.5 Å². The van der Waals surface area contributed by atoms with E-state index in [1.807, 2.05) is 14.1 Å². The van der Waals surface area contributed by atoms with E-state index in [1.165, 1.54) is 0 Å². The van der Waals surface area contributed by atoms with Gasteiger partial charge in [-0.15, -0.1) is 0 Å². The lowest BCUT2D eigenvalue weighted by Gasteiger charge is -2.14. The smallest absolute Gasteiger partial charge is 0.184 e. The van der Waals surface area contributed by atoms with E-state index in [-0.39, 0.29) is 17.8 Å². The summed E-state index contributed by atoms with van der Waals surface area (Å²) in [6.45, 7) is 8.23. The Morgan fingerprint density at radius 2 is 1.92 bits per heavy atom. The number of hydrogen-bond acceptors (Lipinski definition) is 3. The summed E-state index contributed by atoms with van der Waals surface area (Å²) in [4.78, 5) is 2.11. The number of ether oxygens (including phenoxy) is 2. The lowest BCUT2D eigenvalue weighted by Crippen LogP contribution is -2.21. The molecular weight excluding hydrogens is 166 g/mol. The zero-order chi connectivity index (χ0) is 10.1. The van der Waals surface area contributed by atoms with Crippen LogP contribution in [0.25, 0.3) is 0 Å². The van der Waals surface area contributed by atoms with E-state index in [0.29, 0.717) is 0 Å². The summed E-state index contributed by atoms with van der Waals surface area (Å²) in [6.07, 6.45) is 0.328. The number of hydrogen-bond donors (Lipinski definition) is 0. The van der Waals surface area contributed by atoms with Crippen LogP contribution >= 0.6 is 0 Å². The van der Waals surface area contributed by atoms with E-state index >= 15 is 0 Å². The molecule has 3 heteroatoms. The van der Waals surface area contributed by atoms with Gasteiger partial charge in [0.1, 0.15) is 6.10 Å². The van der Waals surface area contributed by atoms with Crippen LogP contribution < -0.4 is 0 Å². The third-order valence-electron chi connectivity index (χ3n) is 2.13. The molecule has 13 heavy (non-hydrogen) atoms. The van der Waals surface area contributed by atoms with Crippen molar-refractivity contribution in [3.8, 4) is 0 Å². The van der Waals surface area contributed by atoms with Gasteiger partial charge in [-0.05, 0) is 19.5 Å². The van der Waals surface area contributed by atoms with Gasteiger partial charge < -0.3 is 14.4 Å². The molecule has 0 aromatic rings. The Morgan fingerprint density at radius 3 is 2.31 bits per heavy atom. The van der Waals surface area contributed by atoms with Crippen molar-refractivity contribution in [2.24, 2.45) is 5.41 Å². The average Bonchev–Trinajstić information content (AvgIpc) is 2.64. The molecule has 1 saturated heterocycles. The summed E-state index contributed by atoms with van der Waals surface area (Å²) >= 11 is 0. The minimum Gasteiger partial charge on any atom is -0.349 e.